The van der Waals surface area contributed by atoms with Crippen LogP contribution in [-0.4, -0.2) is 16.4 Å². The molecule has 0 radical (unpaired) electrons. The second kappa shape index (κ2) is 66.1. The van der Waals surface area contributed by atoms with Crippen LogP contribution in [0.4, 0.5) is 0 Å². The first-order valence-electron chi connectivity index (χ1n) is 0. The summed E-state index contributed by atoms with van der Waals surface area (Å²) in [6.07, 6.45) is 0. The van der Waals surface area contributed by atoms with Gasteiger partial charge >= 0.3 is 0 Å². The Morgan fingerprint density at radius 2 is 0.500 bits per heavy atom. The fourth-order valence-corrected chi connectivity index (χ4v) is 0. The summed E-state index contributed by atoms with van der Waals surface area (Å²) in [5.74, 6) is 0. The Kier molecular flexibility index (Phi) is 2670. The van der Waals surface area contributed by atoms with Crippen LogP contribution in [0.2, 0.25) is 0 Å². The van der Waals surface area contributed by atoms with Gasteiger partial charge < -0.3 is 16.4 Å². The van der Waals surface area contributed by atoms with Crippen LogP contribution >= 0.6 is 24.0 Å². The molecule has 0 aromatic carbocycles. The van der Waals surface area contributed by atoms with Gasteiger partial charge in [0.15, 0.2) is 0 Å². The molecule has 0 rings (SSSR count). The molecule has 4 heavy (non-hydrogen) atoms. The van der Waals surface area contributed by atoms with E-state index in [1.54, 1.807) is 0 Å². The monoisotopic (exact) mass is 182 g/mol. The van der Waals surface area contributed by atoms with Crippen molar-refractivity contribution in [1.82, 2.24) is 0 Å². The van der Waals surface area contributed by atoms with Crippen molar-refractivity contribution in [2.45, 2.75) is 0 Å². The summed E-state index contributed by atoms with van der Waals surface area (Å²) < 4.78 is 0. The Morgan fingerprint density at radius 3 is 0.500 bits per heavy atom. The molecule has 0 amide bonds. The molecule has 0 aromatic heterocycles. The summed E-state index contributed by atoms with van der Waals surface area (Å²) >= 11 is 0. The first-order chi connectivity index (χ1) is 0. The SMILES string of the molecule is I.O.O.O. The van der Waals surface area contributed by atoms with Gasteiger partial charge in [0, 0.05) is 0 Å². The lowest BCUT2D eigenvalue weighted by atomic mass is 16.0. The third-order valence-electron chi connectivity index (χ3n) is 0. The molecule has 32 valence electrons. The van der Waals surface area contributed by atoms with Gasteiger partial charge in [-0.15, -0.1) is 24.0 Å². The van der Waals surface area contributed by atoms with Gasteiger partial charge in [-0.1, -0.05) is 0 Å². The highest BCUT2D eigenvalue weighted by Crippen LogP contribution is 0.886. The highest BCUT2D eigenvalue weighted by Gasteiger charge is -0.107. The number of hydrogen-bond acceptors (Lipinski definition) is 0. The van der Waals surface area contributed by atoms with Crippen LogP contribution < -0.4 is 0 Å². The van der Waals surface area contributed by atoms with Crippen LogP contribution in [-0.2, 0) is 0 Å². The highest BCUT2D eigenvalue weighted by molar-refractivity contribution is 14.0. The van der Waals surface area contributed by atoms with Crippen LogP contribution in [0, 0.1) is 0 Å². The molecule has 0 saturated heterocycles. The lowest BCUT2D eigenvalue weighted by Crippen LogP contribution is -0.290. The van der Waals surface area contributed by atoms with Crippen molar-refractivity contribution >= 4 is 24.0 Å². The van der Waals surface area contributed by atoms with Gasteiger partial charge in [-0.05, 0) is 0 Å². The quantitative estimate of drug-likeness (QED) is 0.393. The highest BCUT2D eigenvalue weighted by atomic mass is 127. The Bertz CT molecular complexity index is 3.25. The van der Waals surface area contributed by atoms with Gasteiger partial charge in [0.2, 0.25) is 0 Å². The van der Waals surface area contributed by atoms with E-state index in [1.807, 2.05) is 0 Å². The second-order valence-electron chi connectivity index (χ2n) is 0. The molecule has 0 fully saturated rings. The molecular weight excluding hydrogens is 175 g/mol. The zero-order valence-corrected chi connectivity index (χ0v) is 4.24. The predicted octanol–water partition coefficient (Wildman–Crippen LogP) is -1.86. The summed E-state index contributed by atoms with van der Waals surface area (Å²) in [7, 11) is 0. The average molecular weight is 182 g/mol. The number of hydrogen-bond donors (Lipinski definition) is 0. The third-order valence-corrected chi connectivity index (χ3v) is 0. The van der Waals surface area contributed by atoms with Gasteiger partial charge in [0.25, 0.3) is 0 Å². The fourth-order valence-electron chi connectivity index (χ4n) is 0. The molecule has 0 aliphatic carbocycles. The van der Waals surface area contributed by atoms with Gasteiger partial charge in [0.1, 0.15) is 0 Å². The Morgan fingerprint density at radius 1 is 0.500 bits per heavy atom. The summed E-state index contributed by atoms with van der Waals surface area (Å²) in [6.45, 7) is 0. The van der Waals surface area contributed by atoms with E-state index < -0.39 is 0 Å². The topological polar surface area (TPSA) is 94.5 Å². The molecule has 0 atom stereocenters. The molecule has 3 nitrogen and oxygen atoms in total. The van der Waals surface area contributed by atoms with Crippen molar-refractivity contribution in [3.8, 4) is 0 Å². The molecule has 0 aliphatic rings. The minimum absolute atomic E-state index is 0. The van der Waals surface area contributed by atoms with E-state index in [9.17, 15) is 0 Å². The maximum absolute atomic E-state index is 0. The van der Waals surface area contributed by atoms with Gasteiger partial charge in [-0.25, -0.2) is 0 Å². The molecule has 0 heterocycles. The normalized spacial score (nSPS) is 0. The second-order valence-corrected chi connectivity index (χ2v) is 0. The first kappa shape index (κ1) is 161. The molecule has 0 aromatic rings. The van der Waals surface area contributed by atoms with E-state index in [-0.39, 0.29) is 40.4 Å². The number of halogens is 1. The molecule has 0 bridgehead atoms. The molecule has 6 N–H and O–H groups in total. The minimum atomic E-state index is 0. The van der Waals surface area contributed by atoms with E-state index in [0.29, 0.717) is 0 Å². The zero-order valence-electron chi connectivity index (χ0n) is 1.91. The maximum Gasteiger partial charge on any atom is -0.107 e. The molecule has 4 heteroatoms. The lowest BCUT2D eigenvalue weighted by molar-refractivity contribution is 0.823. The summed E-state index contributed by atoms with van der Waals surface area (Å²) in [5.41, 5.74) is 0. The molecule has 0 unspecified atom stereocenters. The van der Waals surface area contributed by atoms with Crippen molar-refractivity contribution in [3.63, 3.8) is 0 Å². The van der Waals surface area contributed by atoms with Crippen molar-refractivity contribution < 1.29 is 16.4 Å². The molecule has 0 spiro atoms. The van der Waals surface area contributed by atoms with E-state index in [2.05, 4.69) is 0 Å². The average Bonchev–Trinajstić information content (AvgIpc) is 0. The van der Waals surface area contributed by atoms with Crippen LogP contribution in [0.1, 0.15) is 0 Å². The summed E-state index contributed by atoms with van der Waals surface area (Å²) in [4.78, 5) is 0. The van der Waals surface area contributed by atoms with Crippen LogP contribution in [0.15, 0.2) is 0 Å². The van der Waals surface area contributed by atoms with Crippen molar-refractivity contribution in [2.24, 2.45) is 0 Å². The predicted molar refractivity (Wildman–Crippen MR) is 26.3 cm³/mol. The van der Waals surface area contributed by atoms with E-state index in [0.717, 1.165) is 0 Å². The van der Waals surface area contributed by atoms with E-state index in [4.69, 9.17) is 0 Å². The standard InChI is InChI=1S/HI.3H2O/h1H;3*1H2. The number of rotatable bonds is 0. The molecule has 0 aliphatic heterocycles. The lowest BCUT2D eigenvalue weighted by Gasteiger charge is -0.413. The smallest absolute Gasteiger partial charge is 0.107 e. The van der Waals surface area contributed by atoms with Gasteiger partial charge in [-0.3, -0.25) is 0 Å². The third kappa shape index (κ3) is 18.2. The summed E-state index contributed by atoms with van der Waals surface area (Å²) in [6, 6.07) is 0. The van der Waals surface area contributed by atoms with Crippen molar-refractivity contribution in [1.29, 1.82) is 0 Å². The van der Waals surface area contributed by atoms with Crippen molar-refractivity contribution in [3.05, 3.63) is 0 Å². The van der Waals surface area contributed by atoms with E-state index in [1.165, 1.54) is 0 Å². The van der Waals surface area contributed by atoms with Crippen molar-refractivity contribution in [2.75, 3.05) is 0 Å². The van der Waals surface area contributed by atoms with Crippen LogP contribution in [0.3, 0.4) is 0 Å². The van der Waals surface area contributed by atoms with E-state index >= 15 is 0 Å². The summed E-state index contributed by atoms with van der Waals surface area (Å²) in [5, 5.41) is 0. The van der Waals surface area contributed by atoms with Gasteiger partial charge in [0.05, 0.1) is 0 Å². The van der Waals surface area contributed by atoms with Crippen LogP contribution in [0.5, 0.6) is 0 Å². The maximum atomic E-state index is 0. The fraction of sp³-hybridized carbons (Fsp3) is 0. The molecule has 0 saturated carbocycles. The minimum Gasteiger partial charge on any atom is -0.412 e. The zero-order chi connectivity index (χ0) is 0. The first-order valence-corrected chi connectivity index (χ1v) is 0. The molecular formula is H7IO3. The largest absolute Gasteiger partial charge is 0.412 e. The Labute approximate surface area is 41.0 Å². The van der Waals surface area contributed by atoms with Gasteiger partial charge in [-0.2, -0.15) is 0 Å². The Balaban J connectivity index is 0. The Hall–Kier alpha value is 0.610. The van der Waals surface area contributed by atoms with Crippen LogP contribution in [0.25, 0.3) is 0 Å².